The maximum Gasteiger partial charge on any atom is 0.543 e. The molecule has 1 aromatic rings. The second-order valence-electron chi connectivity index (χ2n) is 8.18. The highest BCUT2D eigenvalue weighted by molar-refractivity contribution is 5.88. The van der Waals surface area contributed by atoms with Crippen LogP contribution in [0, 0.1) is 5.92 Å². The molecular weight excluding hydrogens is 384 g/mol. The lowest BCUT2D eigenvalue weighted by Crippen LogP contribution is -2.25. The van der Waals surface area contributed by atoms with Crippen molar-refractivity contribution >= 4 is 12.1 Å². The Morgan fingerprint density at radius 3 is 2.23 bits per heavy atom. The summed E-state index contributed by atoms with van der Waals surface area (Å²) in [5.74, 6) is -0.00230. The van der Waals surface area contributed by atoms with Crippen molar-refractivity contribution in [3.63, 3.8) is 0 Å². The van der Waals surface area contributed by atoms with Crippen molar-refractivity contribution in [1.29, 1.82) is 0 Å². The van der Waals surface area contributed by atoms with Crippen molar-refractivity contribution in [3.05, 3.63) is 35.4 Å². The molecule has 6 heteroatoms. The van der Waals surface area contributed by atoms with Crippen LogP contribution in [0.4, 0.5) is 4.79 Å². The van der Waals surface area contributed by atoms with Gasteiger partial charge in [0.25, 0.3) is 0 Å². The number of rotatable bonds is 12. The molecule has 0 bridgehead atoms. The topological polar surface area (TPSA) is 71.1 Å². The van der Waals surface area contributed by atoms with E-state index in [4.69, 9.17) is 4.74 Å². The van der Waals surface area contributed by atoms with Gasteiger partial charge in [-0.15, -0.1) is 0 Å². The minimum atomic E-state index is -0.984. The largest absolute Gasteiger partial charge is 0.543 e. The molecular formula is C24H36O6. The molecule has 0 aliphatic heterocycles. The number of hydrogen-bond acceptors (Lipinski definition) is 6. The van der Waals surface area contributed by atoms with Crippen LogP contribution < -0.4 is 0 Å². The van der Waals surface area contributed by atoms with E-state index in [0.717, 1.165) is 44.4 Å². The van der Waals surface area contributed by atoms with E-state index in [2.05, 4.69) is 28.7 Å². The second-order valence-corrected chi connectivity index (χ2v) is 8.18. The summed E-state index contributed by atoms with van der Waals surface area (Å²) in [6, 6.07) is 7.15. The van der Waals surface area contributed by atoms with E-state index in [1.54, 1.807) is 12.1 Å². The fourth-order valence-corrected chi connectivity index (χ4v) is 3.87. The highest BCUT2D eigenvalue weighted by Crippen LogP contribution is 2.30. The van der Waals surface area contributed by atoms with Crippen LogP contribution in [0.2, 0.25) is 0 Å². The van der Waals surface area contributed by atoms with Crippen molar-refractivity contribution in [1.82, 2.24) is 0 Å². The molecule has 0 amide bonds. The van der Waals surface area contributed by atoms with Gasteiger partial charge in [0.2, 0.25) is 0 Å². The van der Waals surface area contributed by atoms with Crippen molar-refractivity contribution in [2.24, 2.45) is 5.92 Å². The van der Waals surface area contributed by atoms with Crippen LogP contribution in [-0.4, -0.2) is 18.2 Å². The number of carbonyl (C=O) groups is 2. The number of benzene rings is 1. The standard InChI is InChI=1S/C24H36O6/c1-3-5-7-8-10-20-11-15-21(16-12-20)23(25)28-30-29-24(26)27-22-17-13-19(14-18-22)9-6-4-2/h11-12,15-16,19,22H,3-10,13-14,17-18H2,1-2H3. The van der Waals surface area contributed by atoms with Crippen LogP contribution >= 0.6 is 0 Å². The van der Waals surface area contributed by atoms with Gasteiger partial charge in [-0.3, -0.25) is 4.89 Å². The number of aryl methyl sites for hydroxylation is 1. The van der Waals surface area contributed by atoms with Gasteiger partial charge < -0.3 is 4.74 Å². The van der Waals surface area contributed by atoms with Gasteiger partial charge in [0, 0.05) is 0 Å². The van der Waals surface area contributed by atoms with Crippen LogP contribution in [0.5, 0.6) is 0 Å². The Hall–Kier alpha value is -2.08. The molecule has 0 spiro atoms. The number of unbranched alkanes of at least 4 members (excludes halogenated alkanes) is 4. The number of carbonyl (C=O) groups excluding carboxylic acids is 2. The molecule has 1 aromatic carbocycles. The van der Waals surface area contributed by atoms with Crippen molar-refractivity contribution in [3.8, 4) is 0 Å². The predicted molar refractivity (Wildman–Crippen MR) is 114 cm³/mol. The monoisotopic (exact) mass is 420 g/mol. The first-order chi connectivity index (χ1) is 14.6. The quantitative estimate of drug-likeness (QED) is 0.162. The SMILES string of the molecule is CCCCCCc1ccc(C(=O)OOOC(=O)OC2CCC(CCCC)CC2)cc1. The summed E-state index contributed by atoms with van der Waals surface area (Å²) < 4.78 is 5.22. The summed E-state index contributed by atoms with van der Waals surface area (Å²) in [4.78, 5) is 32.6. The molecule has 0 saturated heterocycles. The van der Waals surface area contributed by atoms with E-state index >= 15 is 0 Å². The lowest BCUT2D eigenvalue weighted by atomic mass is 9.84. The van der Waals surface area contributed by atoms with Gasteiger partial charge in [0.05, 0.1) is 10.6 Å². The van der Waals surface area contributed by atoms with Crippen molar-refractivity contribution < 1.29 is 29.1 Å². The Bertz CT molecular complexity index is 619. The van der Waals surface area contributed by atoms with Gasteiger partial charge in [-0.1, -0.05) is 64.5 Å². The Labute approximate surface area is 180 Å². The Morgan fingerprint density at radius 2 is 1.57 bits per heavy atom. The number of ether oxygens (including phenoxy) is 1. The first-order valence-electron chi connectivity index (χ1n) is 11.5. The maximum atomic E-state index is 12.0. The molecule has 6 nitrogen and oxygen atoms in total. The minimum absolute atomic E-state index is 0.167. The van der Waals surface area contributed by atoms with Gasteiger partial charge in [0.1, 0.15) is 6.10 Å². The predicted octanol–water partition coefficient (Wildman–Crippen LogP) is 6.72. The first-order valence-corrected chi connectivity index (χ1v) is 11.5. The molecule has 168 valence electrons. The molecule has 0 N–H and O–H groups in total. The average molecular weight is 421 g/mol. The number of hydrogen-bond donors (Lipinski definition) is 0. The summed E-state index contributed by atoms with van der Waals surface area (Å²) >= 11 is 0. The second kappa shape index (κ2) is 14.0. The molecule has 0 aromatic heterocycles. The third-order valence-corrected chi connectivity index (χ3v) is 5.74. The summed E-state index contributed by atoms with van der Waals surface area (Å²) in [5.41, 5.74) is 1.50. The zero-order chi connectivity index (χ0) is 21.6. The molecule has 0 atom stereocenters. The summed E-state index contributed by atoms with van der Waals surface area (Å²) in [6.07, 6.45) is 12.1. The molecule has 30 heavy (non-hydrogen) atoms. The highest BCUT2D eigenvalue weighted by Gasteiger charge is 2.25. The minimum Gasteiger partial charge on any atom is -0.429 e. The van der Waals surface area contributed by atoms with E-state index in [-0.39, 0.29) is 6.10 Å². The summed E-state index contributed by atoms with van der Waals surface area (Å²) in [7, 11) is 0. The lowest BCUT2D eigenvalue weighted by molar-refractivity contribution is -0.453. The normalized spacial score (nSPS) is 18.6. The van der Waals surface area contributed by atoms with E-state index in [1.165, 1.54) is 44.1 Å². The fraction of sp³-hybridized carbons (Fsp3) is 0.667. The van der Waals surface area contributed by atoms with E-state index in [9.17, 15) is 9.59 Å². The Kier molecular flexibility index (Phi) is 11.3. The third kappa shape index (κ3) is 9.16. The van der Waals surface area contributed by atoms with Gasteiger partial charge >= 0.3 is 12.1 Å². The van der Waals surface area contributed by atoms with Crippen LogP contribution in [0.3, 0.4) is 0 Å². The Morgan fingerprint density at radius 1 is 0.867 bits per heavy atom. The molecule has 1 fully saturated rings. The lowest BCUT2D eigenvalue weighted by Gasteiger charge is -2.27. The van der Waals surface area contributed by atoms with Crippen LogP contribution in [0.25, 0.3) is 0 Å². The molecule has 1 aliphatic rings. The molecule has 1 saturated carbocycles. The van der Waals surface area contributed by atoms with Gasteiger partial charge in [-0.2, -0.15) is 0 Å². The zero-order valence-corrected chi connectivity index (χ0v) is 18.4. The van der Waals surface area contributed by atoms with Crippen LogP contribution in [0.15, 0.2) is 24.3 Å². The third-order valence-electron chi connectivity index (χ3n) is 5.74. The smallest absolute Gasteiger partial charge is 0.429 e. The average Bonchev–Trinajstić information content (AvgIpc) is 2.76. The molecule has 1 aliphatic carbocycles. The zero-order valence-electron chi connectivity index (χ0n) is 18.4. The first kappa shape index (κ1) is 24.2. The molecule has 0 radical (unpaired) electrons. The van der Waals surface area contributed by atoms with Crippen LogP contribution in [0.1, 0.15) is 100 Å². The molecule has 0 heterocycles. The van der Waals surface area contributed by atoms with Crippen LogP contribution in [-0.2, 0) is 26.0 Å². The van der Waals surface area contributed by atoms with Crippen molar-refractivity contribution in [2.45, 2.75) is 97.0 Å². The van der Waals surface area contributed by atoms with E-state index in [0.29, 0.717) is 5.56 Å². The van der Waals surface area contributed by atoms with E-state index in [1.807, 2.05) is 12.1 Å². The highest BCUT2D eigenvalue weighted by atomic mass is 17.5. The summed E-state index contributed by atoms with van der Waals surface area (Å²) in [6.45, 7) is 4.38. The van der Waals surface area contributed by atoms with Crippen molar-refractivity contribution in [2.75, 3.05) is 0 Å². The molecule has 2 rings (SSSR count). The van der Waals surface area contributed by atoms with Gasteiger partial charge in [0.15, 0.2) is 0 Å². The fourth-order valence-electron chi connectivity index (χ4n) is 3.87. The van der Waals surface area contributed by atoms with Gasteiger partial charge in [-0.05, 0) is 62.1 Å². The van der Waals surface area contributed by atoms with E-state index < -0.39 is 12.1 Å². The van der Waals surface area contributed by atoms with Gasteiger partial charge in [-0.25, -0.2) is 14.5 Å². The molecule has 0 unspecified atom stereocenters. The maximum absolute atomic E-state index is 12.0. The summed E-state index contributed by atoms with van der Waals surface area (Å²) in [5, 5.41) is 4.33. The Balaban J connectivity index is 1.60.